The van der Waals surface area contributed by atoms with E-state index in [-0.39, 0.29) is 14.9 Å². The molecule has 0 spiro atoms. The van der Waals surface area contributed by atoms with Crippen LogP contribution in [0.4, 0.5) is 15.8 Å². The molecule has 2 rings (SSSR count). The largest absolute Gasteiger partial charge is 0.381 e. The molecule has 0 unspecified atom stereocenters. The van der Waals surface area contributed by atoms with Crippen molar-refractivity contribution in [3.8, 4) is 0 Å². The first-order chi connectivity index (χ1) is 9.58. The third-order valence-corrected chi connectivity index (χ3v) is 3.89. The Kier molecular flexibility index (Phi) is 5.53. The van der Waals surface area contributed by atoms with Gasteiger partial charge in [0.05, 0.1) is 8.49 Å². The predicted molar refractivity (Wildman–Crippen MR) is 82.4 cm³/mol. The van der Waals surface area contributed by atoms with Gasteiger partial charge in [-0.1, -0.05) is 0 Å². The summed E-state index contributed by atoms with van der Waals surface area (Å²) < 4.78 is 19.2. The lowest BCUT2D eigenvalue weighted by Crippen LogP contribution is -2.09. The van der Waals surface area contributed by atoms with Crippen LogP contribution in [-0.4, -0.2) is 24.7 Å². The summed E-state index contributed by atoms with van der Waals surface area (Å²) in [5.41, 5.74) is 0.116. The quantitative estimate of drug-likeness (QED) is 0.317. The molecule has 0 amide bonds. The lowest BCUT2D eigenvalue weighted by atomic mass is 10.2. The van der Waals surface area contributed by atoms with Crippen molar-refractivity contribution in [2.24, 2.45) is 5.92 Å². The molecule has 0 saturated heterocycles. The molecule has 1 N–H and O–H groups in total. The maximum absolute atomic E-state index is 13.5. The van der Waals surface area contributed by atoms with Crippen LogP contribution in [0.15, 0.2) is 12.1 Å². The van der Waals surface area contributed by atoms with E-state index >= 15 is 0 Å². The van der Waals surface area contributed by atoms with Crippen LogP contribution in [-0.2, 0) is 4.74 Å². The lowest BCUT2D eigenvalue weighted by molar-refractivity contribution is -0.384. The third-order valence-electron chi connectivity index (χ3n) is 3.07. The van der Waals surface area contributed by atoms with E-state index < -0.39 is 10.7 Å². The number of hydrogen-bond donors (Lipinski definition) is 1. The first kappa shape index (κ1) is 15.4. The Morgan fingerprint density at radius 1 is 1.50 bits per heavy atom. The molecule has 7 heteroatoms. The highest BCUT2D eigenvalue weighted by Gasteiger charge is 2.21. The van der Waals surface area contributed by atoms with Crippen LogP contribution in [0.1, 0.15) is 19.3 Å². The molecular weight excluding hydrogens is 378 g/mol. The van der Waals surface area contributed by atoms with E-state index in [1.54, 1.807) is 22.6 Å². The summed E-state index contributed by atoms with van der Waals surface area (Å²) in [6, 6.07) is 2.41. The predicted octanol–water partition coefficient (Wildman–Crippen LogP) is 3.57. The van der Waals surface area contributed by atoms with Crippen LogP contribution in [0.3, 0.4) is 0 Å². The van der Waals surface area contributed by atoms with Crippen molar-refractivity contribution in [2.45, 2.75) is 19.3 Å². The van der Waals surface area contributed by atoms with Crippen LogP contribution >= 0.6 is 22.6 Å². The Labute approximate surface area is 130 Å². The smallest absolute Gasteiger partial charge is 0.293 e. The van der Waals surface area contributed by atoms with Gasteiger partial charge in [0.15, 0.2) is 0 Å². The number of nitro groups is 1. The number of anilines is 1. The number of rotatable bonds is 8. The Morgan fingerprint density at radius 3 is 2.90 bits per heavy atom. The fourth-order valence-electron chi connectivity index (χ4n) is 1.76. The van der Waals surface area contributed by atoms with Crippen molar-refractivity contribution in [1.82, 2.24) is 0 Å². The van der Waals surface area contributed by atoms with Crippen molar-refractivity contribution in [3.63, 3.8) is 0 Å². The van der Waals surface area contributed by atoms with Crippen LogP contribution in [0.2, 0.25) is 0 Å². The molecule has 1 aliphatic rings. The molecule has 0 heterocycles. The van der Waals surface area contributed by atoms with E-state index in [0.717, 1.165) is 18.9 Å². The Hall–Kier alpha value is -0.960. The fourth-order valence-corrected chi connectivity index (χ4v) is 2.21. The molecule has 0 bridgehead atoms. The topological polar surface area (TPSA) is 64.4 Å². The van der Waals surface area contributed by atoms with Gasteiger partial charge in [0.1, 0.15) is 11.5 Å². The molecule has 5 nitrogen and oxygen atoms in total. The number of halogens is 2. The summed E-state index contributed by atoms with van der Waals surface area (Å²) in [5.74, 6) is 0.276. The Balaban J connectivity index is 1.81. The second-order valence-corrected chi connectivity index (χ2v) is 6.00. The lowest BCUT2D eigenvalue weighted by Gasteiger charge is -2.08. The second kappa shape index (κ2) is 7.16. The third kappa shape index (κ3) is 4.55. The van der Waals surface area contributed by atoms with Crippen molar-refractivity contribution in [2.75, 3.05) is 25.1 Å². The van der Waals surface area contributed by atoms with Crippen LogP contribution in [0.5, 0.6) is 0 Å². The second-order valence-electron chi connectivity index (χ2n) is 4.84. The molecule has 0 radical (unpaired) electrons. The maximum Gasteiger partial charge on any atom is 0.293 e. The normalized spacial score (nSPS) is 14.3. The first-order valence-corrected chi connectivity index (χ1v) is 7.61. The molecule has 0 atom stereocenters. The molecule has 110 valence electrons. The van der Waals surface area contributed by atoms with Crippen molar-refractivity contribution in [3.05, 3.63) is 31.6 Å². The van der Waals surface area contributed by atoms with Gasteiger partial charge < -0.3 is 10.1 Å². The highest BCUT2D eigenvalue weighted by molar-refractivity contribution is 14.1. The van der Waals surface area contributed by atoms with Gasteiger partial charge in [0.2, 0.25) is 0 Å². The van der Waals surface area contributed by atoms with Gasteiger partial charge in [-0.15, -0.1) is 0 Å². The highest BCUT2D eigenvalue weighted by atomic mass is 127. The molecule has 1 aliphatic carbocycles. The summed E-state index contributed by atoms with van der Waals surface area (Å²) in [6.07, 6.45) is 3.25. The zero-order valence-corrected chi connectivity index (χ0v) is 13.1. The van der Waals surface area contributed by atoms with E-state index in [1.165, 1.54) is 25.0 Å². The van der Waals surface area contributed by atoms with Crippen LogP contribution in [0, 0.1) is 25.4 Å². The number of nitrogens with one attached hydrogen (secondary N) is 1. The van der Waals surface area contributed by atoms with E-state index in [0.29, 0.717) is 13.2 Å². The van der Waals surface area contributed by atoms with Crippen LogP contribution < -0.4 is 5.32 Å². The summed E-state index contributed by atoms with van der Waals surface area (Å²) >= 11 is 1.74. The van der Waals surface area contributed by atoms with Gasteiger partial charge >= 0.3 is 0 Å². The van der Waals surface area contributed by atoms with Gasteiger partial charge in [-0.3, -0.25) is 10.1 Å². The standard InChI is InChI=1S/C13H16FIN2O3/c14-10-6-12(13(17(18)19)7-11(10)15)16-4-1-5-20-8-9-2-3-9/h6-7,9,16H,1-5,8H2. The van der Waals surface area contributed by atoms with E-state index in [1.807, 2.05) is 0 Å². The Bertz CT molecular complexity index is 495. The number of nitro benzene ring substituents is 1. The zero-order chi connectivity index (χ0) is 14.5. The highest BCUT2D eigenvalue weighted by Crippen LogP contribution is 2.29. The number of ether oxygens (including phenoxy) is 1. The molecule has 1 aromatic rings. The number of nitrogens with zero attached hydrogens (tertiary/aromatic N) is 1. The minimum absolute atomic E-state index is 0.102. The zero-order valence-electron chi connectivity index (χ0n) is 10.9. The SMILES string of the molecule is O=[N+]([O-])c1cc(I)c(F)cc1NCCCOCC1CC1. The fraction of sp³-hybridized carbons (Fsp3) is 0.538. The van der Waals surface area contributed by atoms with E-state index in [9.17, 15) is 14.5 Å². The van der Waals surface area contributed by atoms with Gasteiger partial charge in [0, 0.05) is 31.9 Å². The molecule has 1 saturated carbocycles. The van der Waals surface area contributed by atoms with E-state index in [2.05, 4.69) is 5.32 Å². The molecular formula is C13H16FIN2O3. The Morgan fingerprint density at radius 2 is 2.25 bits per heavy atom. The molecule has 20 heavy (non-hydrogen) atoms. The first-order valence-electron chi connectivity index (χ1n) is 6.53. The summed E-state index contributed by atoms with van der Waals surface area (Å²) in [7, 11) is 0. The number of hydrogen-bond acceptors (Lipinski definition) is 4. The maximum atomic E-state index is 13.5. The average molecular weight is 394 g/mol. The average Bonchev–Trinajstić information content (AvgIpc) is 3.21. The number of benzene rings is 1. The van der Waals surface area contributed by atoms with Crippen molar-refractivity contribution in [1.29, 1.82) is 0 Å². The molecule has 1 fully saturated rings. The minimum Gasteiger partial charge on any atom is -0.381 e. The van der Waals surface area contributed by atoms with Gasteiger partial charge in [-0.2, -0.15) is 0 Å². The van der Waals surface area contributed by atoms with Gasteiger partial charge in [0.25, 0.3) is 5.69 Å². The molecule has 0 aliphatic heterocycles. The van der Waals surface area contributed by atoms with Crippen LogP contribution in [0.25, 0.3) is 0 Å². The monoisotopic (exact) mass is 394 g/mol. The molecule has 1 aromatic carbocycles. The van der Waals surface area contributed by atoms with Crippen molar-refractivity contribution >= 4 is 34.0 Å². The van der Waals surface area contributed by atoms with Gasteiger partial charge in [-0.05, 0) is 47.8 Å². The minimum atomic E-state index is -0.506. The van der Waals surface area contributed by atoms with Gasteiger partial charge in [-0.25, -0.2) is 4.39 Å². The summed E-state index contributed by atoms with van der Waals surface area (Å²) in [5, 5.41) is 13.8. The van der Waals surface area contributed by atoms with Crippen molar-refractivity contribution < 1.29 is 14.1 Å². The summed E-state index contributed by atoms with van der Waals surface area (Å²) in [6.45, 7) is 1.94. The molecule has 0 aromatic heterocycles. The van der Waals surface area contributed by atoms with E-state index in [4.69, 9.17) is 4.74 Å². The summed E-state index contributed by atoms with van der Waals surface area (Å²) in [4.78, 5) is 10.4.